The zero-order valence-corrected chi connectivity index (χ0v) is 12.5. The Kier molecular flexibility index (Phi) is 3.72. The molecule has 1 aromatic rings. The van der Waals surface area contributed by atoms with Gasteiger partial charge in [0.1, 0.15) is 4.60 Å². The summed E-state index contributed by atoms with van der Waals surface area (Å²) < 4.78 is 0.938. The minimum absolute atomic E-state index is 0. The van der Waals surface area contributed by atoms with Crippen LogP contribution in [0.5, 0.6) is 0 Å². The Morgan fingerprint density at radius 2 is 2.12 bits per heavy atom. The molecule has 2 aliphatic rings. The van der Waals surface area contributed by atoms with Crippen molar-refractivity contribution >= 4 is 32.9 Å². The summed E-state index contributed by atoms with van der Waals surface area (Å²) >= 11 is 3.40. The van der Waals surface area contributed by atoms with Crippen molar-refractivity contribution in [3.8, 4) is 0 Å². The molecule has 4 heteroatoms. The van der Waals surface area contributed by atoms with Crippen LogP contribution in [0, 0.1) is 0 Å². The van der Waals surface area contributed by atoms with Gasteiger partial charge in [0.25, 0.3) is 0 Å². The number of aromatic nitrogens is 1. The zero-order chi connectivity index (χ0) is 10.3. The fraction of sp³-hybridized carbons (Fsp3) is 0.583. The Bertz CT molecular complexity index is 362. The van der Waals surface area contributed by atoms with Crippen molar-refractivity contribution in [1.82, 2.24) is 9.88 Å². The highest BCUT2D eigenvalue weighted by Gasteiger charge is 2.42. The van der Waals surface area contributed by atoms with Crippen molar-refractivity contribution in [3.05, 3.63) is 28.5 Å². The lowest BCUT2D eigenvalue weighted by molar-refractivity contribution is 0.243. The van der Waals surface area contributed by atoms with Gasteiger partial charge < -0.3 is 4.90 Å². The van der Waals surface area contributed by atoms with Crippen molar-refractivity contribution in [2.24, 2.45) is 0 Å². The minimum Gasteiger partial charge on any atom is -0.302 e. The normalized spacial score (nSPS) is 32.2. The summed E-state index contributed by atoms with van der Waals surface area (Å²) in [5, 5.41) is 0. The molecule has 2 nitrogen and oxygen atoms in total. The Hall–Kier alpha value is 0.0700. The van der Waals surface area contributed by atoms with E-state index in [4.69, 9.17) is 0 Å². The van der Waals surface area contributed by atoms with Gasteiger partial charge in [-0.05, 0) is 59.9 Å². The maximum atomic E-state index is 4.36. The van der Waals surface area contributed by atoms with E-state index in [9.17, 15) is 0 Å². The van der Waals surface area contributed by atoms with Gasteiger partial charge in [-0.1, -0.05) is 6.07 Å². The van der Waals surface area contributed by atoms with E-state index in [1.807, 2.05) is 0 Å². The average molecular weight is 348 g/mol. The molecule has 0 saturated carbocycles. The van der Waals surface area contributed by atoms with E-state index < -0.39 is 0 Å². The Balaban J connectivity index is 0.000000963. The maximum absolute atomic E-state index is 4.36. The molecule has 0 radical (unpaired) electrons. The molecule has 2 saturated heterocycles. The topological polar surface area (TPSA) is 16.1 Å². The molecule has 0 amide bonds. The monoisotopic (exact) mass is 346 g/mol. The lowest BCUT2D eigenvalue weighted by Crippen LogP contribution is -2.36. The summed E-state index contributed by atoms with van der Waals surface area (Å²) in [6.07, 6.45) is 6.05. The molecule has 88 valence electrons. The van der Waals surface area contributed by atoms with Crippen molar-refractivity contribution in [2.45, 2.75) is 24.7 Å². The fourth-order valence-corrected chi connectivity index (χ4v) is 3.30. The predicted molar refractivity (Wildman–Crippen MR) is 74.2 cm³/mol. The molecular formula is C12H16Br2N2. The van der Waals surface area contributed by atoms with Gasteiger partial charge in [0, 0.05) is 18.2 Å². The predicted octanol–water partition coefficient (Wildman–Crippen LogP) is 3.16. The van der Waals surface area contributed by atoms with Crippen LogP contribution in [0.15, 0.2) is 22.9 Å². The Morgan fingerprint density at radius 1 is 1.25 bits per heavy atom. The molecule has 2 fully saturated rings. The third kappa shape index (κ3) is 2.07. The number of hydrogen-bond acceptors (Lipinski definition) is 2. The summed E-state index contributed by atoms with van der Waals surface area (Å²) in [6.45, 7) is 3.82. The molecule has 0 aromatic carbocycles. The van der Waals surface area contributed by atoms with Crippen LogP contribution in [0.3, 0.4) is 0 Å². The highest BCUT2D eigenvalue weighted by atomic mass is 79.9. The van der Waals surface area contributed by atoms with Crippen LogP contribution in [0.2, 0.25) is 0 Å². The molecular weight excluding hydrogens is 332 g/mol. The second-order valence-corrected chi connectivity index (χ2v) is 5.59. The maximum Gasteiger partial charge on any atom is 0.106 e. The largest absolute Gasteiger partial charge is 0.302 e. The molecule has 2 aliphatic heterocycles. The Morgan fingerprint density at radius 3 is 2.88 bits per heavy atom. The van der Waals surface area contributed by atoms with Crippen LogP contribution in [0.1, 0.15) is 24.8 Å². The lowest BCUT2D eigenvalue weighted by atomic mass is 9.76. The summed E-state index contributed by atoms with van der Waals surface area (Å²) in [5.41, 5.74) is 1.86. The van der Waals surface area contributed by atoms with E-state index >= 15 is 0 Å². The third-order valence-electron chi connectivity index (χ3n) is 3.90. The van der Waals surface area contributed by atoms with E-state index in [0.29, 0.717) is 5.41 Å². The van der Waals surface area contributed by atoms with Gasteiger partial charge >= 0.3 is 0 Å². The van der Waals surface area contributed by atoms with Crippen LogP contribution in [-0.2, 0) is 5.41 Å². The summed E-state index contributed by atoms with van der Waals surface area (Å²) in [7, 11) is 0. The molecule has 3 heterocycles. The van der Waals surface area contributed by atoms with Crippen LogP contribution in [-0.4, -0.2) is 29.5 Å². The third-order valence-corrected chi connectivity index (χ3v) is 4.37. The molecule has 2 bridgehead atoms. The number of nitrogens with zero attached hydrogens (tertiary/aromatic N) is 2. The fourth-order valence-electron chi connectivity index (χ4n) is 3.06. The molecule has 0 N–H and O–H groups in total. The summed E-state index contributed by atoms with van der Waals surface area (Å²) in [6, 6.07) is 4.31. The smallest absolute Gasteiger partial charge is 0.106 e. The molecule has 0 aliphatic carbocycles. The highest BCUT2D eigenvalue weighted by molar-refractivity contribution is 9.10. The molecule has 2 atom stereocenters. The zero-order valence-electron chi connectivity index (χ0n) is 9.16. The first-order valence-electron chi connectivity index (χ1n) is 5.63. The van der Waals surface area contributed by atoms with E-state index in [1.165, 1.54) is 44.5 Å². The number of halogens is 2. The second-order valence-electron chi connectivity index (χ2n) is 4.78. The van der Waals surface area contributed by atoms with Gasteiger partial charge in [-0.25, -0.2) is 4.98 Å². The molecule has 16 heavy (non-hydrogen) atoms. The highest BCUT2D eigenvalue weighted by Crippen LogP contribution is 2.41. The number of hydrogen-bond donors (Lipinski definition) is 0. The van der Waals surface area contributed by atoms with Gasteiger partial charge in [0.05, 0.1) is 0 Å². The van der Waals surface area contributed by atoms with E-state index in [2.05, 4.69) is 44.1 Å². The number of fused-ring (bicyclic) bond motifs is 2. The molecule has 0 spiro atoms. The second kappa shape index (κ2) is 4.75. The van der Waals surface area contributed by atoms with Crippen LogP contribution >= 0.6 is 32.9 Å². The molecule has 2 unspecified atom stereocenters. The number of pyridine rings is 1. The number of piperidine rings is 1. The van der Waals surface area contributed by atoms with E-state index in [0.717, 1.165) is 4.60 Å². The lowest BCUT2D eigenvalue weighted by Gasteiger charge is -2.34. The van der Waals surface area contributed by atoms with Crippen LogP contribution < -0.4 is 0 Å². The molecule has 1 aromatic heterocycles. The summed E-state index contributed by atoms with van der Waals surface area (Å²) in [4.78, 5) is 6.95. The summed E-state index contributed by atoms with van der Waals surface area (Å²) in [5.74, 6) is 0. The van der Waals surface area contributed by atoms with Crippen LogP contribution in [0.4, 0.5) is 0 Å². The SMILES string of the molecule is Br.Brc1ccc(C23CCCN(CC2)C3)cn1. The van der Waals surface area contributed by atoms with Gasteiger partial charge in [-0.15, -0.1) is 17.0 Å². The van der Waals surface area contributed by atoms with Crippen molar-refractivity contribution in [2.75, 3.05) is 19.6 Å². The Labute approximate surface area is 115 Å². The van der Waals surface area contributed by atoms with E-state index in [1.54, 1.807) is 0 Å². The van der Waals surface area contributed by atoms with Crippen molar-refractivity contribution in [1.29, 1.82) is 0 Å². The van der Waals surface area contributed by atoms with Crippen LogP contribution in [0.25, 0.3) is 0 Å². The van der Waals surface area contributed by atoms with E-state index in [-0.39, 0.29) is 17.0 Å². The quantitative estimate of drug-likeness (QED) is 0.725. The van der Waals surface area contributed by atoms with Crippen molar-refractivity contribution < 1.29 is 0 Å². The van der Waals surface area contributed by atoms with Gasteiger partial charge in [-0.2, -0.15) is 0 Å². The first-order valence-corrected chi connectivity index (χ1v) is 6.42. The minimum atomic E-state index is 0. The first-order chi connectivity index (χ1) is 7.28. The van der Waals surface area contributed by atoms with Crippen molar-refractivity contribution in [3.63, 3.8) is 0 Å². The van der Waals surface area contributed by atoms with Gasteiger partial charge in [0.2, 0.25) is 0 Å². The van der Waals surface area contributed by atoms with Gasteiger partial charge in [-0.3, -0.25) is 0 Å². The first kappa shape index (κ1) is 12.5. The number of rotatable bonds is 1. The standard InChI is InChI=1S/C12H15BrN2.BrH/c13-11-3-2-10(8-14-11)12-4-1-6-15(9-12)7-5-12;/h2-3,8H,1,4-7,9H2;1H. The average Bonchev–Trinajstić information content (AvgIpc) is 2.56. The van der Waals surface area contributed by atoms with Gasteiger partial charge in [0.15, 0.2) is 0 Å². The molecule has 3 rings (SSSR count).